The number of rotatable bonds is 5. The van der Waals surface area contributed by atoms with Crippen LogP contribution in [-0.4, -0.2) is 45.5 Å². The molecule has 0 aromatic carbocycles. The SMILES string of the molecule is CC(=O)OC[C@H]1O[C@@H](n2cc(Cl)c(NO)nc2=O)C[C@@H]1OC(C)=O. The zero-order valence-corrected chi connectivity index (χ0v) is 13.6. The molecule has 132 valence electrons. The van der Waals surface area contributed by atoms with Crippen LogP contribution in [-0.2, 0) is 23.8 Å². The molecule has 2 heterocycles. The fraction of sp³-hybridized carbons (Fsp3) is 0.538. The number of aromatic nitrogens is 2. The van der Waals surface area contributed by atoms with Gasteiger partial charge in [0.05, 0.1) is 0 Å². The van der Waals surface area contributed by atoms with Gasteiger partial charge in [-0.25, -0.2) is 4.79 Å². The van der Waals surface area contributed by atoms with Crippen molar-refractivity contribution >= 4 is 29.4 Å². The highest BCUT2D eigenvalue weighted by atomic mass is 35.5. The summed E-state index contributed by atoms with van der Waals surface area (Å²) >= 11 is 5.88. The number of esters is 2. The molecule has 24 heavy (non-hydrogen) atoms. The molecule has 0 amide bonds. The van der Waals surface area contributed by atoms with E-state index in [-0.39, 0.29) is 23.9 Å². The van der Waals surface area contributed by atoms with Crippen molar-refractivity contribution in [2.45, 2.75) is 38.7 Å². The quantitative estimate of drug-likeness (QED) is 0.568. The highest BCUT2D eigenvalue weighted by molar-refractivity contribution is 6.32. The third-order valence-electron chi connectivity index (χ3n) is 3.27. The Morgan fingerprint density at radius 1 is 1.50 bits per heavy atom. The molecule has 1 aromatic rings. The van der Waals surface area contributed by atoms with Crippen LogP contribution < -0.4 is 11.2 Å². The summed E-state index contributed by atoms with van der Waals surface area (Å²) in [6.07, 6.45) is -0.869. The Labute approximate surface area is 141 Å². The van der Waals surface area contributed by atoms with Gasteiger partial charge in [-0.1, -0.05) is 11.6 Å². The van der Waals surface area contributed by atoms with Crippen LogP contribution in [0.1, 0.15) is 26.5 Å². The van der Waals surface area contributed by atoms with Gasteiger partial charge < -0.3 is 14.2 Å². The van der Waals surface area contributed by atoms with Crippen molar-refractivity contribution in [1.29, 1.82) is 0 Å². The van der Waals surface area contributed by atoms with Crippen molar-refractivity contribution in [1.82, 2.24) is 9.55 Å². The summed E-state index contributed by atoms with van der Waals surface area (Å²) in [5, 5.41) is 8.82. The lowest BCUT2D eigenvalue weighted by atomic mass is 10.2. The maximum atomic E-state index is 12.0. The molecular formula is C13H16ClN3O7. The van der Waals surface area contributed by atoms with Gasteiger partial charge in [0.2, 0.25) is 0 Å². The zero-order valence-electron chi connectivity index (χ0n) is 12.9. The zero-order chi connectivity index (χ0) is 17.9. The van der Waals surface area contributed by atoms with E-state index in [1.54, 1.807) is 5.48 Å². The summed E-state index contributed by atoms with van der Waals surface area (Å²) in [6.45, 7) is 2.35. The Morgan fingerprint density at radius 3 is 2.79 bits per heavy atom. The first kappa shape index (κ1) is 18.2. The van der Waals surface area contributed by atoms with Crippen LogP contribution in [0.15, 0.2) is 11.0 Å². The molecule has 0 aliphatic carbocycles. The van der Waals surface area contributed by atoms with Crippen molar-refractivity contribution in [3.8, 4) is 0 Å². The molecule has 1 aliphatic heterocycles. The minimum absolute atomic E-state index is 0.00632. The second-order valence-electron chi connectivity index (χ2n) is 5.05. The van der Waals surface area contributed by atoms with Crippen LogP contribution in [0.5, 0.6) is 0 Å². The average molecular weight is 362 g/mol. The predicted molar refractivity (Wildman–Crippen MR) is 79.6 cm³/mol. The van der Waals surface area contributed by atoms with Gasteiger partial charge in [0.15, 0.2) is 5.82 Å². The van der Waals surface area contributed by atoms with Gasteiger partial charge >= 0.3 is 17.6 Å². The Hall–Kier alpha value is -2.17. The monoisotopic (exact) mass is 361 g/mol. The van der Waals surface area contributed by atoms with Crippen LogP contribution in [0, 0.1) is 0 Å². The van der Waals surface area contributed by atoms with Gasteiger partial charge in [-0.15, -0.1) is 0 Å². The molecule has 0 spiro atoms. The number of anilines is 1. The fourth-order valence-electron chi connectivity index (χ4n) is 2.29. The molecular weight excluding hydrogens is 346 g/mol. The average Bonchev–Trinajstić information content (AvgIpc) is 2.88. The van der Waals surface area contributed by atoms with E-state index in [0.717, 1.165) is 4.57 Å². The Balaban J connectivity index is 2.22. The molecule has 10 nitrogen and oxygen atoms in total. The van der Waals surface area contributed by atoms with Crippen LogP contribution in [0.25, 0.3) is 0 Å². The van der Waals surface area contributed by atoms with Crippen LogP contribution in [0.4, 0.5) is 5.82 Å². The van der Waals surface area contributed by atoms with Gasteiger partial charge in [0.1, 0.15) is 30.1 Å². The van der Waals surface area contributed by atoms with Gasteiger partial charge in [-0.05, 0) is 0 Å². The largest absolute Gasteiger partial charge is 0.463 e. The number of carbonyl (C=O) groups is 2. The smallest absolute Gasteiger partial charge is 0.351 e. The highest BCUT2D eigenvalue weighted by Gasteiger charge is 2.39. The Morgan fingerprint density at radius 2 is 2.21 bits per heavy atom. The lowest BCUT2D eigenvalue weighted by Crippen LogP contribution is -2.31. The number of ether oxygens (including phenoxy) is 3. The lowest BCUT2D eigenvalue weighted by Gasteiger charge is -2.17. The van der Waals surface area contributed by atoms with E-state index in [0.29, 0.717) is 0 Å². The van der Waals surface area contributed by atoms with Crippen LogP contribution in [0.2, 0.25) is 5.02 Å². The Kier molecular flexibility index (Phi) is 5.75. The summed E-state index contributed by atoms with van der Waals surface area (Å²) in [7, 11) is 0. The number of hydrogen-bond acceptors (Lipinski definition) is 9. The minimum Gasteiger partial charge on any atom is -0.463 e. The predicted octanol–water partition coefficient (Wildman–Crippen LogP) is 0.480. The maximum Gasteiger partial charge on any atom is 0.351 e. The molecule has 0 unspecified atom stereocenters. The van der Waals surface area contributed by atoms with Crippen LogP contribution >= 0.6 is 11.6 Å². The summed E-state index contributed by atoms with van der Waals surface area (Å²) in [5.74, 6) is -1.23. The molecule has 0 saturated carbocycles. The molecule has 0 bridgehead atoms. The summed E-state index contributed by atoms with van der Waals surface area (Å²) in [6, 6.07) is 0. The normalized spacial score (nSPS) is 22.9. The molecule has 1 aliphatic rings. The van der Waals surface area contributed by atoms with Gasteiger partial charge in [0.25, 0.3) is 0 Å². The summed E-state index contributed by atoms with van der Waals surface area (Å²) < 4.78 is 16.8. The molecule has 3 atom stereocenters. The molecule has 1 saturated heterocycles. The molecule has 2 N–H and O–H groups in total. The number of nitrogens with one attached hydrogen (secondary N) is 1. The van der Waals surface area contributed by atoms with Crippen molar-refractivity contribution in [3.63, 3.8) is 0 Å². The van der Waals surface area contributed by atoms with E-state index >= 15 is 0 Å². The first-order chi connectivity index (χ1) is 11.3. The van der Waals surface area contributed by atoms with E-state index in [9.17, 15) is 14.4 Å². The maximum absolute atomic E-state index is 12.0. The topological polar surface area (TPSA) is 129 Å². The first-order valence-corrected chi connectivity index (χ1v) is 7.34. The Bertz CT molecular complexity index is 693. The fourth-order valence-corrected chi connectivity index (χ4v) is 2.48. The number of hydrogen-bond donors (Lipinski definition) is 2. The summed E-state index contributed by atoms with van der Waals surface area (Å²) in [5.41, 5.74) is 0.980. The number of nitrogens with zero attached hydrogens (tertiary/aromatic N) is 2. The number of halogens is 1. The molecule has 0 radical (unpaired) electrons. The van der Waals surface area contributed by atoms with Gasteiger partial charge in [0, 0.05) is 26.5 Å². The van der Waals surface area contributed by atoms with Crippen molar-refractivity contribution in [3.05, 3.63) is 21.7 Å². The van der Waals surface area contributed by atoms with Gasteiger partial charge in [-0.2, -0.15) is 4.98 Å². The molecule has 2 rings (SSSR count). The standard InChI is InChI=1S/C13H16ClN3O7/c1-6(18)22-5-10-9(23-7(2)19)3-11(24-10)17-4-8(14)12(16-21)15-13(17)20/h4,9-11,21H,3,5H2,1-2H3,(H,15,16,20)/t9-,10+,11+/m0/s1. The highest BCUT2D eigenvalue weighted by Crippen LogP contribution is 2.31. The van der Waals surface area contributed by atoms with Gasteiger partial charge in [-0.3, -0.25) is 24.8 Å². The van der Waals surface area contributed by atoms with Crippen molar-refractivity contribution in [2.75, 3.05) is 12.1 Å². The van der Waals surface area contributed by atoms with Crippen molar-refractivity contribution in [2.24, 2.45) is 0 Å². The number of carbonyl (C=O) groups excluding carboxylic acids is 2. The minimum atomic E-state index is -0.819. The van der Waals surface area contributed by atoms with Crippen molar-refractivity contribution < 1.29 is 29.0 Å². The van der Waals surface area contributed by atoms with E-state index < -0.39 is 36.1 Å². The third kappa shape index (κ3) is 4.22. The van der Waals surface area contributed by atoms with E-state index in [1.807, 2.05) is 0 Å². The van der Waals surface area contributed by atoms with E-state index in [2.05, 4.69) is 4.98 Å². The second-order valence-corrected chi connectivity index (χ2v) is 5.46. The second kappa shape index (κ2) is 7.60. The lowest BCUT2D eigenvalue weighted by molar-refractivity contribution is -0.155. The molecule has 1 aromatic heterocycles. The summed E-state index contributed by atoms with van der Waals surface area (Å²) in [4.78, 5) is 37.7. The van der Waals surface area contributed by atoms with E-state index in [4.69, 9.17) is 31.0 Å². The van der Waals surface area contributed by atoms with E-state index in [1.165, 1.54) is 20.0 Å². The first-order valence-electron chi connectivity index (χ1n) is 6.96. The van der Waals surface area contributed by atoms with Crippen LogP contribution in [0.3, 0.4) is 0 Å². The molecule has 11 heteroatoms. The third-order valence-corrected chi connectivity index (χ3v) is 3.55. The molecule has 1 fully saturated rings.